The molecular weight excluding hydrogens is 376 g/mol. The number of carbonyl (C=O) groups excluding carboxylic acids is 1. The van der Waals surface area contributed by atoms with Crippen molar-refractivity contribution in [1.29, 1.82) is 0 Å². The van der Waals surface area contributed by atoms with E-state index in [1.807, 2.05) is 56.3 Å². The molecule has 0 fully saturated rings. The maximum absolute atomic E-state index is 13.2. The van der Waals surface area contributed by atoms with Gasteiger partial charge in [0.25, 0.3) is 5.91 Å². The molecule has 1 aromatic heterocycles. The van der Waals surface area contributed by atoms with Gasteiger partial charge in [-0.1, -0.05) is 42.5 Å². The Morgan fingerprint density at radius 3 is 2.37 bits per heavy atom. The maximum atomic E-state index is 13.2. The number of amides is 1. The summed E-state index contributed by atoms with van der Waals surface area (Å²) < 4.78 is 6.10. The van der Waals surface area contributed by atoms with Gasteiger partial charge in [-0.2, -0.15) is 0 Å². The highest BCUT2D eigenvalue weighted by atomic mass is 16.5. The molecule has 6 heteroatoms. The summed E-state index contributed by atoms with van der Waals surface area (Å²) in [5.74, 6) is 0.698. The van der Waals surface area contributed by atoms with Crippen LogP contribution in [0, 0.1) is 6.92 Å². The first-order valence-corrected chi connectivity index (χ1v) is 10.2. The molecular formula is C24H28N4O2. The van der Waals surface area contributed by atoms with Crippen molar-refractivity contribution in [1.82, 2.24) is 14.9 Å². The summed E-state index contributed by atoms with van der Waals surface area (Å²) in [6.45, 7) is 7.42. The fraction of sp³-hybridized carbons (Fsp3) is 0.292. The van der Waals surface area contributed by atoms with Crippen molar-refractivity contribution < 1.29 is 9.53 Å². The minimum Gasteiger partial charge on any atom is -0.493 e. The molecule has 2 aromatic carbocycles. The quantitative estimate of drug-likeness (QED) is 0.610. The molecule has 3 aromatic rings. The fourth-order valence-electron chi connectivity index (χ4n) is 3.43. The van der Waals surface area contributed by atoms with Crippen LogP contribution in [0.4, 0.5) is 5.95 Å². The van der Waals surface area contributed by atoms with Crippen LogP contribution in [0.2, 0.25) is 0 Å². The molecule has 0 aliphatic heterocycles. The van der Waals surface area contributed by atoms with Gasteiger partial charge in [-0.05, 0) is 38.5 Å². The van der Waals surface area contributed by atoms with Crippen molar-refractivity contribution in [3.63, 3.8) is 0 Å². The lowest BCUT2D eigenvalue weighted by Gasteiger charge is -2.22. The van der Waals surface area contributed by atoms with Crippen LogP contribution in [0.15, 0.2) is 54.6 Å². The van der Waals surface area contributed by atoms with Gasteiger partial charge in [-0.3, -0.25) is 4.79 Å². The molecule has 2 N–H and O–H groups in total. The third-order valence-electron chi connectivity index (χ3n) is 5.01. The summed E-state index contributed by atoms with van der Waals surface area (Å²) in [6.07, 6.45) is 0.783. The van der Waals surface area contributed by atoms with Crippen LogP contribution in [0.1, 0.15) is 35.5 Å². The Kier molecular flexibility index (Phi) is 7.01. The van der Waals surface area contributed by atoms with Crippen molar-refractivity contribution in [3.05, 3.63) is 71.4 Å². The third kappa shape index (κ3) is 4.76. The van der Waals surface area contributed by atoms with Crippen LogP contribution in [-0.2, 0) is 6.42 Å². The van der Waals surface area contributed by atoms with Crippen LogP contribution >= 0.6 is 0 Å². The largest absolute Gasteiger partial charge is 0.493 e. The summed E-state index contributed by atoms with van der Waals surface area (Å²) in [6, 6.07) is 17.8. The standard InChI is InChI=1S/C24H28N4O2/c1-4-28(5-2)23(29)21-17(3)26-24(25)27-22(21)19-13-9-10-14-20(19)30-16-15-18-11-7-6-8-12-18/h6-14H,4-5,15-16H2,1-3H3,(H2,25,26,27). The van der Waals surface area contributed by atoms with E-state index in [1.54, 1.807) is 11.8 Å². The van der Waals surface area contributed by atoms with Crippen molar-refractivity contribution in [2.24, 2.45) is 0 Å². The van der Waals surface area contributed by atoms with E-state index in [2.05, 4.69) is 22.1 Å². The first-order valence-electron chi connectivity index (χ1n) is 10.2. The van der Waals surface area contributed by atoms with Crippen LogP contribution in [0.3, 0.4) is 0 Å². The lowest BCUT2D eigenvalue weighted by atomic mass is 10.0. The molecule has 0 unspecified atom stereocenters. The summed E-state index contributed by atoms with van der Waals surface area (Å²) in [5.41, 5.74) is 9.42. The number of carbonyl (C=O) groups is 1. The smallest absolute Gasteiger partial charge is 0.257 e. The van der Waals surface area contributed by atoms with Crippen LogP contribution in [0.5, 0.6) is 5.75 Å². The molecule has 1 amide bonds. The first-order chi connectivity index (χ1) is 14.5. The monoisotopic (exact) mass is 404 g/mol. The number of nitrogens with two attached hydrogens (primary N) is 1. The number of rotatable bonds is 8. The number of hydrogen-bond donors (Lipinski definition) is 1. The van der Waals surface area contributed by atoms with E-state index in [0.717, 1.165) is 12.0 Å². The van der Waals surface area contributed by atoms with Crippen molar-refractivity contribution in [2.45, 2.75) is 27.2 Å². The molecule has 0 atom stereocenters. The summed E-state index contributed by atoms with van der Waals surface area (Å²) in [4.78, 5) is 23.6. The summed E-state index contributed by atoms with van der Waals surface area (Å²) in [7, 11) is 0. The van der Waals surface area contributed by atoms with Gasteiger partial charge in [0.2, 0.25) is 5.95 Å². The second-order valence-electron chi connectivity index (χ2n) is 6.95. The van der Waals surface area contributed by atoms with E-state index < -0.39 is 0 Å². The molecule has 0 aliphatic carbocycles. The van der Waals surface area contributed by atoms with Gasteiger partial charge in [0.05, 0.1) is 23.6 Å². The zero-order valence-electron chi connectivity index (χ0n) is 17.8. The SMILES string of the molecule is CCN(CC)C(=O)c1c(C)nc(N)nc1-c1ccccc1OCCc1ccccc1. The van der Waals surface area contributed by atoms with E-state index in [0.29, 0.717) is 42.4 Å². The zero-order chi connectivity index (χ0) is 21.5. The average molecular weight is 405 g/mol. The number of para-hydroxylation sites is 1. The Hall–Kier alpha value is -3.41. The Morgan fingerprint density at radius 2 is 1.67 bits per heavy atom. The molecule has 0 aliphatic rings. The molecule has 156 valence electrons. The predicted octanol–water partition coefficient (Wildman–Crippen LogP) is 4.14. The molecule has 0 bridgehead atoms. The number of nitrogen functional groups attached to an aromatic ring is 1. The fourth-order valence-corrected chi connectivity index (χ4v) is 3.43. The average Bonchev–Trinajstić information content (AvgIpc) is 2.75. The maximum Gasteiger partial charge on any atom is 0.257 e. The van der Waals surface area contributed by atoms with E-state index in [-0.39, 0.29) is 11.9 Å². The van der Waals surface area contributed by atoms with Gasteiger partial charge < -0.3 is 15.4 Å². The van der Waals surface area contributed by atoms with Gasteiger partial charge in [0.1, 0.15) is 5.75 Å². The second kappa shape index (κ2) is 9.87. The molecule has 30 heavy (non-hydrogen) atoms. The second-order valence-corrected chi connectivity index (χ2v) is 6.95. The third-order valence-corrected chi connectivity index (χ3v) is 5.01. The van der Waals surface area contributed by atoms with E-state index in [9.17, 15) is 4.79 Å². The van der Waals surface area contributed by atoms with Crippen molar-refractivity contribution in [3.8, 4) is 17.0 Å². The van der Waals surface area contributed by atoms with Gasteiger partial charge >= 0.3 is 0 Å². The van der Waals surface area contributed by atoms with E-state index in [1.165, 1.54) is 5.56 Å². The predicted molar refractivity (Wildman–Crippen MR) is 120 cm³/mol. The van der Waals surface area contributed by atoms with Gasteiger partial charge in [0, 0.05) is 25.1 Å². The number of hydrogen-bond acceptors (Lipinski definition) is 5. The molecule has 1 heterocycles. The number of benzene rings is 2. The minimum atomic E-state index is -0.105. The van der Waals surface area contributed by atoms with Gasteiger partial charge in [-0.15, -0.1) is 0 Å². The Bertz CT molecular complexity index is 1000. The first kappa shape index (κ1) is 21.3. The molecule has 0 spiro atoms. The highest BCUT2D eigenvalue weighted by Gasteiger charge is 2.24. The van der Waals surface area contributed by atoms with Crippen molar-refractivity contribution >= 4 is 11.9 Å². The number of ether oxygens (including phenoxy) is 1. The van der Waals surface area contributed by atoms with Gasteiger partial charge in [-0.25, -0.2) is 9.97 Å². The topological polar surface area (TPSA) is 81.3 Å². The highest BCUT2D eigenvalue weighted by Crippen LogP contribution is 2.33. The van der Waals surface area contributed by atoms with Gasteiger partial charge in [0.15, 0.2) is 0 Å². The number of aromatic nitrogens is 2. The Labute approximate surface area is 177 Å². The Balaban J connectivity index is 1.96. The number of anilines is 1. The van der Waals surface area contributed by atoms with Crippen LogP contribution in [-0.4, -0.2) is 40.5 Å². The number of aryl methyl sites for hydroxylation is 1. The van der Waals surface area contributed by atoms with E-state index in [4.69, 9.17) is 10.5 Å². The highest BCUT2D eigenvalue weighted by molar-refractivity contribution is 6.01. The zero-order valence-corrected chi connectivity index (χ0v) is 17.8. The Morgan fingerprint density at radius 1 is 1.00 bits per heavy atom. The molecule has 0 saturated heterocycles. The number of nitrogens with zero attached hydrogens (tertiary/aromatic N) is 3. The minimum absolute atomic E-state index is 0.105. The lowest BCUT2D eigenvalue weighted by Crippen LogP contribution is -2.32. The van der Waals surface area contributed by atoms with Crippen LogP contribution < -0.4 is 10.5 Å². The van der Waals surface area contributed by atoms with E-state index >= 15 is 0 Å². The molecule has 6 nitrogen and oxygen atoms in total. The normalized spacial score (nSPS) is 10.6. The summed E-state index contributed by atoms with van der Waals surface area (Å²) >= 11 is 0. The molecule has 0 radical (unpaired) electrons. The molecule has 3 rings (SSSR count). The van der Waals surface area contributed by atoms with Crippen LogP contribution in [0.25, 0.3) is 11.3 Å². The molecule has 0 saturated carbocycles. The summed E-state index contributed by atoms with van der Waals surface area (Å²) in [5, 5.41) is 0. The van der Waals surface area contributed by atoms with Crippen molar-refractivity contribution in [2.75, 3.05) is 25.4 Å². The lowest BCUT2D eigenvalue weighted by molar-refractivity contribution is 0.0772.